The van der Waals surface area contributed by atoms with E-state index in [0.717, 1.165) is 33.2 Å². The smallest absolute Gasteiger partial charge is 0.113 e. The van der Waals surface area contributed by atoms with Crippen molar-refractivity contribution in [3.63, 3.8) is 0 Å². The second-order valence-corrected chi connectivity index (χ2v) is 10.2. The summed E-state index contributed by atoms with van der Waals surface area (Å²) >= 11 is 6.17. The number of thiophene rings is 2. The van der Waals surface area contributed by atoms with Gasteiger partial charge in [-0.25, -0.2) is 0 Å². The maximum Gasteiger partial charge on any atom is 0.113 e. The summed E-state index contributed by atoms with van der Waals surface area (Å²) in [7, 11) is 0. The van der Waals surface area contributed by atoms with Gasteiger partial charge in [0.2, 0.25) is 0 Å². The van der Waals surface area contributed by atoms with Crippen LogP contribution in [-0.4, -0.2) is 17.5 Å². The van der Waals surface area contributed by atoms with Crippen molar-refractivity contribution >= 4 is 88.4 Å². The highest BCUT2D eigenvalue weighted by Crippen LogP contribution is 2.42. The number of fused-ring (bicyclic) bond motifs is 4. The highest BCUT2D eigenvalue weighted by atomic mass is 32.1. The highest BCUT2D eigenvalue weighted by Gasteiger charge is 2.14. The molecule has 0 spiro atoms. The van der Waals surface area contributed by atoms with Gasteiger partial charge in [-0.15, -0.1) is 22.7 Å². The van der Waals surface area contributed by atoms with Crippen molar-refractivity contribution < 1.29 is 0 Å². The number of rotatable bonds is 2. The van der Waals surface area contributed by atoms with Crippen molar-refractivity contribution in [3.8, 4) is 20.9 Å². The maximum atomic E-state index is 4.51. The van der Waals surface area contributed by atoms with Gasteiger partial charge >= 0.3 is 0 Å². The van der Waals surface area contributed by atoms with Gasteiger partial charge in [0.15, 0.2) is 0 Å². The van der Waals surface area contributed by atoms with Gasteiger partial charge in [0.25, 0.3) is 0 Å². The van der Waals surface area contributed by atoms with Crippen LogP contribution in [0.2, 0.25) is 0 Å². The summed E-state index contributed by atoms with van der Waals surface area (Å²) in [6.07, 6.45) is 0. The highest BCUT2D eigenvalue weighted by molar-refractivity contribution is 7.24. The van der Waals surface area contributed by atoms with Crippen LogP contribution in [0.3, 0.4) is 0 Å². The Labute approximate surface area is 186 Å². The van der Waals surface area contributed by atoms with E-state index in [1.807, 2.05) is 34.8 Å². The van der Waals surface area contributed by atoms with Gasteiger partial charge in [-0.05, 0) is 47.2 Å². The molecule has 0 fully saturated rings. The van der Waals surface area contributed by atoms with E-state index in [0.29, 0.717) is 0 Å². The lowest BCUT2D eigenvalue weighted by Gasteiger charge is -1.97. The number of benzene rings is 3. The number of hydrogen-bond acceptors (Lipinski definition) is 8. The molecule has 0 saturated carbocycles. The van der Waals surface area contributed by atoms with Gasteiger partial charge in [-0.2, -0.15) is 17.5 Å². The first-order valence-electron chi connectivity index (χ1n) is 9.24. The van der Waals surface area contributed by atoms with Crippen LogP contribution >= 0.6 is 46.1 Å². The Morgan fingerprint density at radius 2 is 1.03 bits per heavy atom. The lowest BCUT2D eigenvalue weighted by Crippen LogP contribution is -1.75. The molecule has 0 unspecified atom stereocenters. The summed E-state index contributed by atoms with van der Waals surface area (Å²) in [5.41, 5.74) is 6.23. The summed E-state index contributed by atoms with van der Waals surface area (Å²) < 4.78 is 20.3. The lowest BCUT2D eigenvalue weighted by atomic mass is 10.1. The largest absolute Gasteiger partial charge is 0.173 e. The number of nitrogens with zero attached hydrogens (tertiary/aromatic N) is 4. The van der Waals surface area contributed by atoms with Crippen LogP contribution in [0.25, 0.3) is 63.1 Å². The van der Waals surface area contributed by atoms with Gasteiger partial charge in [0.1, 0.15) is 22.1 Å². The standard InChI is InChI=1S/C22H10N4S4/c1-3-13(21-15(5-1)23-29-25-21)19-9-11-7-18-12(8-17(11)27-19)10-20(28-18)14-4-2-6-16-22(14)26-30-24-16/h1-10H. The van der Waals surface area contributed by atoms with E-state index in [1.165, 1.54) is 53.4 Å². The molecular weight excluding hydrogens is 449 g/mol. The molecule has 7 rings (SSSR count). The zero-order valence-corrected chi connectivity index (χ0v) is 18.5. The van der Waals surface area contributed by atoms with Gasteiger partial charge < -0.3 is 0 Å². The molecule has 4 nitrogen and oxygen atoms in total. The van der Waals surface area contributed by atoms with E-state index in [1.54, 1.807) is 0 Å². The Morgan fingerprint density at radius 3 is 1.53 bits per heavy atom. The zero-order chi connectivity index (χ0) is 19.7. The van der Waals surface area contributed by atoms with E-state index in [4.69, 9.17) is 0 Å². The maximum absolute atomic E-state index is 4.51. The Kier molecular flexibility index (Phi) is 3.59. The molecule has 3 aromatic carbocycles. The van der Waals surface area contributed by atoms with Gasteiger partial charge in [0, 0.05) is 30.3 Å². The van der Waals surface area contributed by atoms with Crippen LogP contribution in [0.1, 0.15) is 0 Å². The van der Waals surface area contributed by atoms with Crippen molar-refractivity contribution in [2.45, 2.75) is 0 Å². The molecule has 0 saturated heterocycles. The Balaban J connectivity index is 1.40. The Bertz CT molecular complexity index is 1540. The van der Waals surface area contributed by atoms with Crippen molar-refractivity contribution in [1.82, 2.24) is 17.5 Å². The van der Waals surface area contributed by atoms with Crippen molar-refractivity contribution in [3.05, 3.63) is 60.7 Å². The first-order valence-corrected chi connectivity index (χ1v) is 12.3. The average Bonchev–Trinajstić information content (AvgIpc) is 3.55. The van der Waals surface area contributed by atoms with Crippen molar-refractivity contribution in [2.75, 3.05) is 0 Å². The van der Waals surface area contributed by atoms with Crippen LogP contribution in [0.15, 0.2) is 60.7 Å². The van der Waals surface area contributed by atoms with Crippen LogP contribution in [0.5, 0.6) is 0 Å². The molecule has 0 amide bonds. The quantitative estimate of drug-likeness (QED) is 0.270. The minimum atomic E-state index is 0.964. The molecule has 142 valence electrons. The van der Waals surface area contributed by atoms with Crippen molar-refractivity contribution in [1.29, 1.82) is 0 Å². The first kappa shape index (κ1) is 17.0. The lowest BCUT2D eigenvalue weighted by molar-refractivity contribution is 1.64. The summed E-state index contributed by atoms with van der Waals surface area (Å²) in [4.78, 5) is 2.47. The predicted octanol–water partition coefficient (Wildman–Crippen LogP) is 7.46. The molecule has 0 aliphatic heterocycles. The normalized spacial score (nSPS) is 12.0. The fourth-order valence-corrected chi connectivity index (χ4v) is 7.18. The summed E-state index contributed by atoms with van der Waals surface area (Å²) in [6.45, 7) is 0. The topological polar surface area (TPSA) is 51.6 Å². The fraction of sp³-hybridized carbons (Fsp3) is 0. The zero-order valence-electron chi connectivity index (χ0n) is 15.2. The average molecular weight is 459 g/mol. The molecule has 4 heterocycles. The fourth-order valence-electron chi connectivity index (χ4n) is 3.85. The Morgan fingerprint density at radius 1 is 0.533 bits per heavy atom. The predicted molar refractivity (Wildman–Crippen MR) is 130 cm³/mol. The van der Waals surface area contributed by atoms with Crippen LogP contribution in [-0.2, 0) is 0 Å². The summed E-state index contributed by atoms with van der Waals surface area (Å²) in [6, 6.07) is 21.6. The second-order valence-electron chi connectivity index (χ2n) is 7.02. The van der Waals surface area contributed by atoms with Crippen LogP contribution in [0.4, 0.5) is 0 Å². The summed E-state index contributed by atoms with van der Waals surface area (Å²) in [5, 5.41) is 2.54. The van der Waals surface area contributed by atoms with E-state index < -0.39 is 0 Å². The van der Waals surface area contributed by atoms with Crippen LogP contribution in [0, 0.1) is 0 Å². The molecule has 30 heavy (non-hydrogen) atoms. The molecule has 4 aromatic heterocycles. The molecule has 0 radical (unpaired) electrons. The van der Waals surface area contributed by atoms with Crippen LogP contribution < -0.4 is 0 Å². The number of hydrogen-bond donors (Lipinski definition) is 0. The third-order valence-corrected chi connectivity index (χ3v) is 8.61. The molecule has 7 aromatic rings. The monoisotopic (exact) mass is 458 g/mol. The molecule has 0 atom stereocenters. The molecule has 0 aliphatic rings. The summed E-state index contributed by atoms with van der Waals surface area (Å²) in [5.74, 6) is 0. The first-order chi connectivity index (χ1) is 14.8. The SMILES string of the molecule is c1cc(-c2cc3cc4sc(-c5cccc6nsnc56)cc4cc3s2)c2nsnc2c1. The minimum absolute atomic E-state index is 0.964. The van der Waals surface area contributed by atoms with E-state index >= 15 is 0 Å². The van der Waals surface area contributed by atoms with Gasteiger partial charge in [-0.3, -0.25) is 0 Å². The van der Waals surface area contributed by atoms with E-state index in [9.17, 15) is 0 Å². The van der Waals surface area contributed by atoms with Gasteiger partial charge in [-0.1, -0.05) is 24.3 Å². The van der Waals surface area contributed by atoms with Gasteiger partial charge in [0.05, 0.1) is 23.5 Å². The molecule has 0 N–H and O–H groups in total. The minimum Gasteiger partial charge on any atom is -0.173 e. The van der Waals surface area contributed by atoms with E-state index in [-0.39, 0.29) is 0 Å². The van der Waals surface area contributed by atoms with Crippen molar-refractivity contribution in [2.24, 2.45) is 0 Å². The number of aromatic nitrogens is 4. The molecule has 0 aliphatic carbocycles. The Hall–Kier alpha value is -2.78. The third kappa shape index (κ3) is 2.48. The second kappa shape index (κ2) is 6.36. The molecular formula is C22H10N4S4. The third-order valence-electron chi connectivity index (χ3n) is 5.26. The molecule has 0 bridgehead atoms. The molecule has 8 heteroatoms. The van der Waals surface area contributed by atoms with E-state index in [2.05, 4.69) is 66.0 Å².